The maximum Gasteiger partial charge on any atom is 0.328 e. The molecule has 5 atom stereocenters. The Morgan fingerprint density at radius 2 is 1.42 bits per heavy atom. The predicted octanol–water partition coefficient (Wildman–Crippen LogP) is 3.21. The molecule has 17 nitrogen and oxygen atoms in total. The Hall–Kier alpha value is -6.18. The van der Waals surface area contributed by atoms with Gasteiger partial charge in [-0.15, -0.1) is 0 Å². The summed E-state index contributed by atoms with van der Waals surface area (Å²) in [7, 11) is 0. The van der Waals surface area contributed by atoms with E-state index in [4.69, 9.17) is 47.4 Å². The molecule has 1 unspecified atom stereocenters. The lowest BCUT2D eigenvalue weighted by Crippen LogP contribution is -2.48. The number of hydrogen-bond acceptors (Lipinski definition) is 16. The molecule has 298 valence electrons. The molecule has 8 N–H and O–H groups in total. The Kier molecular flexibility index (Phi) is 15.4. The molecule has 2 heterocycles. The molecule has 0 aliphatic rings. The summed E-state index contributed by atoms with van der Waals surface area (Å²) < 4.78 is 22.3. The fourth-order valence-corrected chi connectivity index (χ4v) is 5.83. The quantitative estimate of drug-likeness (QED) is 0.0755. The molecule has 0 bridgehead atoms. The monoisotopic (exact) mass is 817 g/mol. The Balaban J connectivity index is 1.50. The van der Waals surface area contributed by atoms with Gasteiger partial charge in [0.2, 0.25) is 17.7 Å². The number of ether oxygens (including phenoxy) is 3. The first-order valence-electron chi connectivity index (χ1n) is 17.3. The summed E-state index contributed by atoms with van der Waals surface area (Å²) in [5, 5.41) is 26.0. The summed E-state index contributed by atoms with van der Waals surface area (Å²) >= 11 is 7.18. The van der Waals surface area contributed by atoms with Gasteiger partial charge in [-0.1, -0.05) is 35.5 Å². The van der Waals surface area contributed by atoms with E-state index in [9.17, 15) is 29.7 Å². The van der Waals surface area contributed by atoms with Crippen molar-refractivity contribution in [3.63, 3.8) is 0 Å². The third-order valence-corrected chi connectivity index (χ3v) is 9.20. The van der Waals surface area contributed by atoms with Crippen molar-refractivity contribution in [1.29, 1.82) is 10.5 Å². The number of carbonyl (C=O) groups excluding carboxylic acids is 4. The van der Waals surface area contributed by atoms with Crippen molar-refractivity contribution < 1.29 is 37.8 Å². The Bertz CT molecular complexity index is 2170. The van der Waals surface area contributed by atoms with E-state index in [-0.39, 0.29) is 45.6 Å². The van der Waals surface area contributed by atoms with Crippen LogP contribution in [0.25, 0.3) is 22.6 Å². The largest absolute Gasteiger partial charge is 0.490 e. The number of oxazole rings is 1. The number of anilines is 1. The minimum atomic E-state index is -1.17. The lowest BCUT2D eigenvalue weighted by molar-refractivity contribution is -0.163. The number of nitrogens with two attached hydrogens (primary N) is 3. The highest BCUT2D eigenvalue weighted by Crippen LogP contribution is 2.37. The smallest absolute Gasteiger partial charge is 0.328 e. The molecule has 0 aliphatic heterocycles. The molecule has 2 aromatic heterocycles. The molecule has 4 rings (SSSR count). The predicted molar refractivity (Wildman–Crippen MR) is 209 cm³/mol. The zero-order valence-corrected chi connectivity index (χ0v) is 32.8. The van der Waals surface area contributed by atoms with Crippen LogP contribution in [-0.2, 0) is 34.4 Å². The average Bonchev–Trinajstić information content (AvgIpc) is 3.66. The van der Waals surface area contributed by atoms with Crippen LogP contribution in [0.3, 0.4) is 0 Å². The number of carbonyl (C=O) groups is 4. The summed E-state index contributed by atoms with van der Waals surface area (Å²) in [4.78, 5) is 58.3. The van der Waals surface area contributed by atoms with E-state index in [0.29, 0.717) is 22.2 Å². The number of thioether (sulfide) groups is 1. The number of halogens is 1. The lowest BCUT2D eigenvalue weighted by Gasteiger charge is -2.22. The number of nitrogen functional groups attached to an aromatic ring is 1. The van der Waals surface area contributed by atoms with E-state index >= 15 is 0 Å². The summed E-state index contributed by atoms with van der Waals surface area (Å²) in [6, 6.07) is 13.6. The van der Waals surface area contributed by atoms with Crippen molar-refractivity contribution in [2.24, 2.45) is 11.5 Å². The second kappa shape index (κ2) is 20.1. The number of esters is 2. The summed E-state index contributed by atoms with van der Waals surface area (Å²) in [5.74, 6) is -1.98. The zero-order chi connectivity index (χ0) is 41.8. The van der Waals surface area contributed by atoms with Gasteiger partial charge in [0.15, 0.2) is 6.10 Å². The van der Waals surface area contributed by atoms with E-state index < -0.39 is 60.6 Å². The van der Waals surface area contributed by atoms with Crippen LogP contribution in [0.1, 0.15) is 44.5 Å². The fraction of sp³-hybridized carbons (Fsp3) is 0.316. The topological polar surface area (TPSA) is 285 Å². The van der Waals surface area contributed by atoms with Crippen molar-refractivity contribution in [3.05, 3.63) is 76.6 Å². The molecule has 2 aromatic carbocycles. The molecule has 2 amide bonds. The van der Waals surface area contributed by atoms with Crippen molar-refractivity contribution in [3.8, 4) is 40.5 Å². The van der Waals surface area contributed by atoms with Gasteiger partial charge in [-0.3, -0.25) is 9.59 Å². The van der Waals surface area contributed by atoms with E-state index in [1.165, 1.54) is 45.7 Å². The molecule has 0 aliphatic carbocycles. The Labute approximate surface area is 337 Å². The number of amides is 2. The minimum Gasteiger partial charge on any atom is -0.490 e. The van der Waals surface area contributed by atoms with Crippen LogP contribution in [-0.4, -0.2) is 77.2 Å². The molecule has 0 saturated carbocycles. The maximum atomic E-state index is 12.9. The standard InChI is InChI=1S/C38H40ClN9O8S/c1-19(42)33(49)45-21(3)37(51)55-17-28(56-38(52)22(4)46-34(50)20(2)43)16-53-27-11-7-23(8-12-27)31-29(13-40)32(44)48-36(30(31)14-41)57-18-26-15-54-35(47-26)24-5-9-25(39)10-6-24/h5-12,15,19-22,28H,16-18,42-43H2,1-4H3,(H2,44,48)(H,45,49)(H,46,50)/t19-,20-,21-,22?,28-/m0/s1. The van der Waals surface area contributed by atoms with Crippen molar-refractivity contribution in [2.45, 2.75) is 68.7 Å². The number of hydrogen-bond donors (Lipinski definition) is 5. The van der Waals surface area contributed by atoms with Crippen molar-refractivity contribution >= 4 is 52.9 Å². The maximum absolute atomic E-state index is 12.9. The number of nitriles is 2. The van der Waals surface area contributed by atoms with Crippen molar-refractivity contribution in [2.75, 3.05) is 18.9 Å². The molecular weight excluding hydrogens is 778 g/mol. The van der Waals surface area contributed by atoms with E-state index in [1.54, 1.807) is 48.5 Å². The summed E-state index contributed by atoms with van der Waals surface area (Å²) in [5.41, 5.74) is 19.5. The van der Waals surface area contributed by atoms with Gasteiger partial charge < -0.3 is 46.5 Å². The number of pyridine rings is 1. The van der Waals surface area contributed by atoms with Gasteiger partial charge in [-0.25, -0.2) is 19.6 Å². The minimum absolute atomic E-state index is 0.00130. The first-order valence-corrected chi connectivity index (χ1v) is 18.7. The zero-order valence-electron chi connectivity index (χ0n) is 31.3. The molecule has 0 saturated heterocycles. The van der Waals surface area contributed by atoms with Crippen LogP contribution in [0.4, 0.5) is 5.82 Å². The average molecular weight is 818 g/mol. The number of nitrogens with one attached hydrogen (secondary N) is 2. The highest BCUT2D eigenvalue weighted by Gasteiger charge is 2.27. The summed E-state index contributed by atoms with van der Waals surface area (Å²) in [6.45, 7) is 4.90. The summed E-state index contributed by atoms with van der Waals surface area (Å²) in [6.07, 6.45) is 0.323. The normalized spacial score (nSPS) is 13.4. The van der Waals surface area contributed by atoms with Crippen LogP contribution in [0.2, 0.25) is 5.02 Å². The number of aromatic nitrogens is 2. The van der Waals surface area contributed by atoms with Gasteiger partial charge in [0, 0.05) is 21.9 Å². The van der Waals surface area contributed by atoms with E-state index in [0.717, 1.165) is 5.56 Å². The Morgan fingerprint density at radius 1 is 0.842 bits per heavy atom. The van der Waals surface area contributed by atoms with Gasteiger partial charge in [0.1, 0.15) is 65.9 Å². The molecular formula is C38H40ClN9O8S. The number of rotatable bonds is 17. The molecule has 19 heteroatoms. The second-order valence-electron chi connectivity index (χ2n) is 12.7. The van der Waals surface area contributed by atoms with Gasteiger partial charge in [-0.05, 0) is 69.7 Å². The molecule has 0 fully saturated rings. The third kappa shape index (κ3) is 11.9. The molecule has 0 spiro atoms. The molecule has 4 aromatic rings. The van der Waals surface area contributed by atoms with Crippen molar-refractivity contribution in [1.82, 2.24) is 20.6 Å². The third-order valence-electron chi connectivity index (χ3n) is 7.94. The van der Waals surface area contributed by atoms with Gasteiger partial charge >= 0.3 is 11.9 Å². The van der Waals surface area contributed by atoms with Crippen LogP contribution in [0, 0.1) is 22.7 Å². The Morgan fingerprint density at radius 3 is 2.00 bits per heavy atom. The second-order valence-corrected chi connectivity index (χ2v) is 14.1. The van der Waals surface area contributed by atoms with Crippen LogP contribution in [0.15, 0.2) is 64.2 Å². The highest BCUT2D eigenvalue weighted by molar-refractivity contribution is 7.98. The van der Waals surface area contributed by atoms with Crippen LogP contribution < -0.4 is 32.6 Å². The van der Waals surface area contributed by atoms with E-state index in [2.05, 4.69) is 26.7 Å². The SMILES string of the molecule is CC(NC(=O)[C@H](C)N)C(=O)O[C@H](COC(=O)[C@H](C)NC(=O)[C@H](C)N)COc1ccc(-c2c(C#N)c(N)nc(SCc3coc(-c4ccc(Cl)cc4)n3)c2C#N)cc1. The van der Waals surface area contributed by atoms with Gasteiger partial charge in [0.25, 0.3) is 0 Å². The first kappa shape index (κ1) is 43.5. The van der Waals surface area contributed by atoms with Crippen LogP contribution >= 0.6 is 23.4 Å². The first-order chi connectivity index (χ1) is 27.1. The molecule has 57 heavy (non-hydrogen) atoms. The van der Waals surface area contributed by atoms with Gasteiger partial charge in [0.05, 0.1) is 23.3 Å². The number of benzene rings is 2. The van der Waals surface area contributed by atoms with E-state index in [1.807, 2.05) is 6.07 Å². The lowest BCUT2D eigenvalue weighted by atomic mass is 9.97. The molecule has 0 radical (unpaired) electrons. The highest BCUT2D eigenvalue weighted by atomic mass is 35.5. The number of nitrogens with zero attached hydrogens (tertiary/aromatic N) is 4. The fourth-order valence-electron chi connectivity index (χ4n) is 4.83. The van der Waals surface area contributed by atoms with Crippen LogP contribution in [0.5, 0.6) is 5.75 Å². The van der Waals surface area contributed by atoms with Gasteiger partial charge in [-0.2, -0.15) is 10.5 Å².